The van der Waals surface area contributed by atoms with Crippen LogP contribution < -0.4 is 4.90 Å². The van der Waals surface area contributed by atoms with Gasteiger partial charge < -0.3 is 14.9 Å². The minimum absolute atomic E-state index is 0.0489. The highest BCUT2D eigenvalue weighted by Gasteiger charge is 2.39. The van der Waals surface area contributed by atoms with Crippen molar-refractivity contribution in [2.75, 3.05) is 17.2 Å². The van der Waals surface area contributed by atoms with Gasteiger partial charge in [0, 0.05) is 29.7 Å². The van der Waals surface area contributed by atoms with Crippen LogP contribution in [-0.2, 0) is 9.36 Å². The smallest absolute Gasteiger partial charge is 0.348 e. The van der Waals surface area contributed by atoms with Crippen molar-refractivity contribution in [3.8, 4) is 11.8 Å². The van der Waals surface area contributed by atoms with Gasteiger partial charge in [-0.05, 0) is 71.3 Å². The van der Waals surface area contributed by atoms with Crippen LogP contribution in [-0.4, -0.2) is 40.2 Å². The molecule has 0 spiro atoms. The minimum Gasteiger partial charge on any atom is -0.477 e. The van der Waals surface area contributed by atoms with Crippen LogP contribution in [0.15, 0.2) is 6.07 Å². The van der Waals surface area contributed by atoms with Crippen molar-refractivity contribution in [1.29, 1.82) is 0 Å². The van der Waals surface area contributed by atoms with Gasteiger partial charge in [-0.25, -0.2) is 4.79 Å². The summed E-state index contributed by atoms with van der Waals surface area (Å²) in [5, 5.41) is 9.90. The summed E-state index contributed by atoms with van der Waals surface area (Å²) in [4.78, 5) is 38.2. The van der Waals surface area contributed by atoms with E-state index in [0.717, 1.165) is 37.0 Å². The fraction of sp³-hybridized carbons (Fsp3) is 0.667. The third-order valence-electron chi connectivity index (χ3n) is 6.32. The number of hydrogen-bond acceptors (Lipinski definition) is 4. The Hall–Kier alpha value is -1.61. The Kier molecular flexibility index (Phi) is 7.59. The van der Waals surface area contributed by atoms with E-state index in [4.69, 9.17) is 0 Å². The molecule has 2 heterocycles. The molecule has 2 aliphatic rings. The van der Waals surface area contributed by atoms with Gasteiger partial charge in [-0.15, -0.1) is 11.3 Å². The molecule has 6 nitrogen and oxygen atoms in total. The van der Waals surface area contributed by atoms with Crippen LogP contribution in [0.25, 0.3) is 0 Å². The highest BCUT2D eigenvalue weighted by atomic mass is 32.1. The molecule has 2 fully saturated rings. The van der Waals surface area contributed by atoms with Crippen LogP contribution in [0.3, 0.4) is 0 Å². The zero-order valence-corrected chi connectivity index (χ0v) is 21.1. The van der Waals surface area contributed by atoms with E-state index in [9.17, 15) is 24.2 Å². The molecule has 1 saturated heterocycles. The molecule has 1 saturated carbocycles. The first-order valence-electron chi connectivity index (χ1n) is 11.4. The number of aromatic carboxylic acids is 1. The minimum atomic E-state index is -3.15. The lowest BCUT2D eigenvalue weighted by Crippen LogP contribution is -2.47. The maximum absolute atomic E-state index is 13.7. The summed E-state index contributed by atoms with van der Waals surface area (Å²) in [6.45, 7) is 8.16. The fourth-order valence-corrected chi connectivity index (χ4v) is 6.91. The number of hydrogen-bond donors (Lipinski definition) is 2. The first-order chi connectivity index (χ1) is 14.9. The van der Waals surface area contributed by atoms with Crippen LogP contribution in [0.5, 0.6) is 0 Å². The molecule has 0 aromatic carbocycles. The number of carbonyl (C=O) groups is 2. The normalized spacial score (nSPS) is 28.5. The van der Waals surface area contributed by atoms with Crippen molar-refractivity contribution in [1.82, 2.24) is 0 Å². The molecular weight excluding hydrogens is 445 g/mol. The molecule has 0 radical (unpaired) electrons. The molecule has 0 atom stereocenters. The number of rotatable bonds is 4. The van der Waals surface area contributed by atoms with Gasteiger partial charge in [0.1, 0.15) is 4.88 Å². The SMILES string of the molecule is CC(C)(C)C#Cc1cc(N(C(=O)[C@H]2CC[C@H](C)CC2)C2CCP(=O)(O)CC2)c(C(=O)O)s1. The maximum Gasteiger partial charge on any atom is 0.348 e. The van der Waals surface area contributed by atoms with Crippen LogP contribution >= 0.6 is 18.7 Å². The van der Waals surface area contributed by atoms with Gasteiger partial charge in [-0.3, -0.25) is 9.36 Å². The summed E-state index contributed by atoms with van der Waals surface area (Å²) >= 11 is 1.09. The van der Waals surface area contributed by atoms with Crippen LogP contribution in [0.4, 0.5) is 5.69 Å². The Morgan fingerprint density at radius 2 is 1.72 bits per heavy atom. The second kappa shape index (κ2) is 9.71. The molecular formula is C24H34NO5PS. The van der Waals surface area contributed by atoms with Crippen LogP contribution in [0.2, 0.25) is 0 Å². The Morgan fingerprint density at radius 1 is 1.12 bits per heavy atom. The number of carbonyl (C=O) groups excluding carboxylic acids is 1. The van der Waals surface area contributed by atoms with Crippen LogP contribution in [0, 0.1) is 29.1 Å². The third kappa shape index (κ3) is 6.25. The van der Waals surface area contributed by atoms with Gasteiger partial charge in [0.2, 0.25) is 13.3 Å². The molecule has 176 valence electrons. The van der Waals surface area contributed by atoms with E-state index >= 15 is 0 Å². The van der Waals surface area contributed by atoms with E-state index < -0.39 is 13.3 Å². The van der Waals surface area contributed by atoms with Gasteiger partial charge in [0.25, 0.3) is 0 Å². The average Bonchev–Trinajstić information content (AvgIpc) is 3.12. The fourth-order valence-electron chi connectivity index (χ4n) is 4.44. The lowest BCUT2D eigenvalue weighted by Gasteiger charge is -2.38. The number of carboxylic acid groups (broad SMARTS) is 1. The largest absolute Gasteiger partial charge is 0.477 e. The maximum atomic E-state index is 13.7. The monoisotopic (exact) mass is 479 g/mol. The van der Waals surface area contributed by atoms with Crippen molar-refractivity contribution in [3.63, 3.8) is 0 Å². The van der Waals surface area contributed by atoms with E-state index in [1.54, 1.807) is 11.0 Å². The third-order valence-corrected chi connectivity index (χ3v) is 9.26. The van der Waals surface area contributed by atoms with Crippen molar-refractivity contribution < 1.29 is 24.2 Å². The summed E-state index contributed by atoms with van der Waals surface area (Å²) in [5.74, 6) is 5.55. The van der Waals surface area contributed by atoms with Crippen molar-refractivity contribution in [2.45, 2.75) is 72.3 Å². The first kappa shape index (κ1) is 25.0. The van der Waals surface area contributed by atoms with Gasteiger partial charge in [-0.1, -0.05) is 18.8 Å². The highest BCUT2D eigenvalue weighted by molar-refractivity contribution is 7.58. The van der Waals surface area contributed by atoms with Gasteiger partial charge in [0.15, 0.2) is 0 Å². The summed E-state index contributed by atoms with van der Waals surface area (Å²) in [5.41, 5.74) is 0.164. The van der Waals surface area contributed by atoms with E-state index in [1.807, 2.05) is 20.8 Å². The number of anilines is 1. The van der Waals surface area contributed by atoms with Gasteiger partial charge in [0.05, 0.1) is 10.6 Å². The summed E-state index contributed by atoms with van der Waals surface area (Å²) in [6, 6.07) is 1.45. The Balaban J connectivity index is 2.01. The molecule has 3 rings (SSSR count). The van der Waals surface area contributed by atoms with Crippen LogP contribution in [0.1, 0.15) is 80.8 Å². The number of nitrogens with zero attached hydrogens (tertiary/aromatic N) is 1. The quantitative estimate of drug-likeness (QED) is 0.443. The summed E-state index contributed by atoms with van der Waals surface area (Å²) in [7, 11) is -3.15. The predicted octanol–water partition coefficient (Wildman–Crippen LogP) is 5.44. The number of thiophene rings is 1. The zero-order valence-electron chi connectivity index (χ0n) is 19.4. The summed E-state index contributed by atoms with van der Waals surface area (Å²) in [6.07, 6.45) is 4.69. The molecule has 8 heteroatoms. The molecule has 1 aromatic heterocycles. The highest BCUT2D eigenvalue weighted by Crippen LogP contribution is 2.48. The van der Waals surface area contributed by atoms with Gasteiger partial charge >= 0.3 is 5.97 Å². The molecule has 1 aliphatic heterocycles. The summed E-state index contributed by atoms with van der Waals surface area (Å²) < 4.78 is 12.1. The molecule has 32 heavy (non-hydrogen) atoms. The molecule has 0 bridgehead atoms. The van der Waals surface area contributed by atoms with E-state index in [0.29, 0.717) is 29.3 Å². The predicted molar refractivity (Wildman–Crippen MR) is 129 cm³/mol. The van der Waals surface area contributed by atoms with Crippen molar-refractivity contribution in [2.24, 2.45) is 17.3 Å². The lowest BCUT2D eigenvalue weighted by atomic mass is 9.82. The first-order valence-corrected chi connectivity index (χ1v) is 14.2. The standard InChI is InChI=1S/C24H34NO5PS/c1-16-5-7-17(8-6-16)22(26)25(18-10-13-31(29,30)14-11-18)20-15-19(9-12-24(2,3)4)32-21(20)23(27)28/h15-18H,5-8,10-11,13-14H2,1-4H3,(H,27,28)(H,29,30)/t16-,17-. The van der Waals surface area contributed by atoms with E-state index in [1.165, 1.54) is 0 Å². The second-order valence-electron chi connectivity index (χ2n) is 10.3. The number of carboxylic acids is 1. The van der Waals surface area contributed by atoms with E-state index in [2.05, 4.69) is 18.8 Å². The van der Waals surface area contributed by atoms with Crippen molar-refractivity contribution >= 4 is 36.3 Å². The molecule has 2 N–H and O–H groups in total. The lowest BCUT2D eigenvalue weighted by molar-refractivity contribution is -0.124. The van der Waals surface area contributed by atoms with E-state index in [-0.39, 0.29) is 40.5 Å². The molecule has 0 unspecified atom stereocenters. The number of amides is 1. The Labute approximate surface area is 194 Å². The second-order valence-corrected chi connectivity index (χ2v) is 14.0. The Bertz CT molecular complexity index is 963. The molecule has 1 amide bonds. The topological polar surface area (TPSA) is 94.9 Å². The zero-order chi connectivity index (χ0) is 23.7. The molecule has 1 aliphatic carbocycles. The van der Waals surface area contributed by atoms with Crippen molar-refractivity contribution in [3.05, 3.63) is 15.8 Å². The Morgan fingerprint density at radius 3 is 2.25 bits per heavy atom. The van der Waals surface area contributed by atoms with Gasteiger partial charge in [-0.2, -0.15) is 0 Å². The molecule has 1 aromatic rings. The average molecular weight is 480 g/mol.